The second-order valence-electron chi connectivity index (χ2n) is 7.13. The summed E-state index contributed by atoms with van der Waals surface area (Å²) in [5, 5.41) is 7.17. The van der Waals surface area contributed by atoms with Crippen LogP contribution in [0.3, 0.4) is 0 Å². The molecular formula is C19H28N4O2. The number of amides is 2. The Morgan fingerprint density at radius 3 is 2.80 bits per heavy atom. The molecule has 1 aliphatic rings. The smallest absolute Gasteiger partial charge is 0.314 e. The molecule has 1 aliphatic heterocycles. The zero-order valence-electron chi connectivity index (χ0n) is 15.1. The van der Waals surface area contributed by atoms with Gasteiger partial charge in [0, 0.05) is 48.8 Å². The largest absolute Gasteiger partial charge is 0.379 e. The lowest BCUT2D eigenvalue weighted by Crippen LogP contribution is -2.56. The second-order valence-corrected chi connectivity index (χ2v) is 7.13. The van der Waals surface area contributed by atoms with E-state index in [0.717, 1.165) is 38.2 Å². The predicted octanol–water partition coefficient (Wildman–Crippen LogP) is 2.12. The van der Waals surface area contributed by atoms with Crippen molar-refractivity contribution < 1.29 is 9.53 Å². The molecule has 2 heterocycles. The summed E-state index contributed by atoms with van der Waals surface area (Å²) >= 11 is 0. The van der Waals surface area contributed by atoms with Gasteiger partial charge in [-0.15, -0.1) is 0 Å². The average molecular weight is 344 g/mol. The number of hydrogen-bond donors (Lipinski definition) is 3. The van der Waals surface area contributed by atoms with Gasteiger partial charge in [0.15, 0.2) is 0 Å². The van der Waals surface area contributed by atoms with Crippen LogP contribution in [-0.2, 0) is 11.2 Å². The summed E-state index contributed by atoms with van der Waals surface area (Å²) in [6.45, 7) is 8.90. The van der Waals surface area contributed by atoms with Crippen molar-refractivity contribution in [1.82, 2.24) is 20.5 Å². The van der Waals surface area contributed by atoms with Crippen LogP contribution < -0.4 is 10.6 Å². The Morgan fingerprint density at radius 2 is 2.00 bits per heavy atom. The first-order valence-corrected chi connectivity index (χ1v) is 8.96. The molecule has 0 atom stereocenters. The van der Waals surface area contributed by atoms with Gasteiger partial charge < -0.3 is 20.4 Å². The standard InChI is InChI=1S/C19H28N4O2/c1-19(2,23-9-11-25-12-10-23)14-22-18(24)20-8-7-15-13-21-17-6-4-3-5-16(15)17/h3-6,13,21H,7-12,14H2,1-2H3,(H2,20,22,24). The van der Waals surface area contributed by atoms with E-state index in [-0.39, 0.29) is 11.6 Å². The first-order chi connectivity index (χ1) is 12.1. The molecule has 6 heteroatoms. The summed E-state index contributed by atoms with van der Waals surface area (Å²) in [5.74, 6) is 0. The Hall–Kier alpha value is -2.05. The van der Waals surface area contributed by atoms with Crippen molar-refractivity contribution >= 4 is 16.9 Å². The van der Waals surface area contributed by atoms with E-state index in [1.54, 1.807) is 0 Å². The molecular weight excluding hydrogens is 316 g/mol. The van der Waals surface area contributed by atoms with Crippen LogP contribution >= 0.6 is 0 Å². The van der Waals surface area contributed by atoms with Crippen LogP contribution in [0.1, 0.15) is 19.4 Å². The fourth-order valence-corrected chi connectivity index (χ4v) is 3.29. The molecule has 0 bridgehead atoms. The minimum absolute atomic E-state index is 0.0715. The molecule has 3 N–H and O–H groups in total. The molecule has 0 radical (unpaired) electrons. The fourth-order valence-electron chi connectivity index (χ4n) is 3.29. The number of hydrogen-bond acceptors (Lipinski definition) is 3. The number of carbonyl (C=O) groups is 1. The van der Waals surface area contributed by atoms with Gasteiger partial charge >= 0.3 is 6.03 Å². The predicted molar refractivity (Wildman–Crippen MR) is 99.9 cm³/mol. The number of ether oxygens (including phenoxy) is 1. The van der Waals surface area contributed by atoms with Crippen LogP contribution in [0.15, 0.2) is 30.5 Å². The van der Waals surface area contributed by atoms with Crippen molar-refractivity contribution in [3.8, 4) is 0 Å². The third-order valence-electron chi connectivity index (χ3n) is 4.90. The number of carbonyl (C=O) groups excluding carboxylic acids is 1. The molecule has 1 aromatic heterocycles. The van der Waals surface area contributed by atoms with Crippen molar-refractivity contribution in [3.05, 3.63) is 36.0 Å². The maximum atomic E-state index is 12.1. The van der Waals surface area contributed by atoms with Crippen molar-refractivity contribution in [1.29, 1.82) is 0 Å². The van der Waals surface area contributed by atoms with Crippen molar-refractivity contribution in [2.45, 2.75) is 25.8 Å². The second kappa shape index (κ2) is 7.89. The highest BCUT2D eigenvalue weighted by molar-refractivity contribution is 5.83. The van der Waals surface area contributed by atoms with Gasteiger partial charge in [0.25, 0.3) is 0 Å². The van der Waals surface area contributed by atoms with E-state index in [9.17, 15) is 4.79 Å². The molecule has 2 amide bonds. The van der Waals surface area contributed by atoms with Gasteiger partial charge in [-0.05, 0) is 31.9 Å². The Kier molecular flexibility index (Phi) is 5.60. The fraction of sp³-hybridized carbons (Fsp3) is 0.526. The van der Waals surface area contributed by atoms with Crippen molar-refractivity contribution in [2.24, 2.45) is 0 Å². The molecule has 0 unspecified atom stereocenters. The summed E-state index contributed by atoms with van der Waals surface area (Å²) in [6, 6.07) is 8.11. The summed E-state index contributed by atoms with van der Waals surface area (Å²) in [7, 11) is 0. The lowest BCUT2D eigenvalue weighted by atomic mass is 10.0. The van der Waals surface area contributed by atoms with E-state index in [1.807, 2.05) is 18.3 Å². The SMILES string of the molecule is CC(C)(CNC(=O)NCCc1c[nH]c2ccccc12)N1CCOCC1. The highest BCUT2D eigenvalue weighted by Crippen LogP contribution is 2.18. The van der Waals surface area contributed by atoms with E-state index in [1.165, 1.54) is 10.9 Å². The van der Waals surface area contributed by atoms with Crippen LogP contribution in [0.5, 0.6) is 0 Å². The van der Waals surface area contributed by atoms with Gasteiger partial charge in [-0.1, -0.05) is 18.2 Å². The van der Waals surface area contributed by atoms with E-state index in [4.69, 9.17) is 4.74 Å². The maximum Gasteiger partial charge on any atom is 0.314 e. The molecule has 2 aromatic rings. The Bertz CT molecular complexity index is 704. The lowest BCUT2D eigenvalue weighted by molar-refractivity contribution is -0.00874. The number of aromatic amines is 1. The lowest BCUT2D eigenvalue weighted by Gasteiger charge is -2.40. The van der Waals surface area contributed by atoms with Crippen LogP contribution in [0, 0.1) is 0 Å². The van der Waals surface area contributed by atoms with E-state index in [2.05, 4.69) is 46.5 Å². The number of para-hydroxylation sites is 1. The van der Waals surface area contributed by atoms with Gasteiger partial charge in [-0.3, -0.25) is 4.90 Å². The van der Waals surface area contributed by atoms with E-state index >= 15 is 0 Å². The Labute approximate surface area is 148 Å². The number of benzene rings is 1. The number of nitrogens with zero attached hydrogens (tertiary/aromatic N) is 1. The molecule has 6 nitrogen and oxygen atoms in total. The molecule has 0 saturated carbocycles. The minimum atomic E-state index is -0.110. The molecule has 136 valence electrons. The third-order valence-corrected chi connectivity index (χ3v) is 4.90. The first kappa shape index (κ1) is 17.8. The summed E-state index contributed by atoms with van der Waals surface area (Å²) in [6.07, 6.45) is 2.83. The Balaban J connectivity index is 1.42. The quantitative estimate of drug-likeness (QED) is 0.752. The third kappa shape index (κ3) is 4.52. The molecule has 1 fully saturated rings. The number of urea groups is 1. The first-order valence-electron chi connectivity index (χ1n) is 8.96. The normalized spacial score (nSPS) is 16.1. The van der Waals surface area contributed by atoms with E-state index < -0.39 is 0 Å². The van der Waals surface area contributed by atoms with Gasteiger partial charge in [0.05, 0.1) is 13.2 Å². The summed E-state index contributed by atoms with van der Waals surface area (Å²) < 4.78 is 5.40. The monoisotopic (exact) mass is 344 g/mol. The van der Waals surface area contributed by atoms with Crippen molar-refractivity contribution in [2.75, 3.05) is 39.4 Å². The number of rotatable bonds is 6. The van der Waals surface area contributed by atoms with Crippen LogP contribution in [0.4, 0.5) is 4.79 Å². The van der Waals surface area contributed by atoms with Crippen LogP contribution in [0.2, 0.25) is 0 Å². The van der Waals surface area contributed by atoms with E-state index in [0.29, 0.717) is 13.1 Å². The average Bonchev–Trinajstić information content (AvgIpc) is 3.04. The van der Waals surface area contributed by atoms with Crippen LogP contribution in [0.25, 0.3) is 10.9 Å². The van der Waals surface area contributed by atoms with Gasteiger partial charge in [-0.25, -0.2) is 4.79 Å². The summed E-state index contributed by atoms with van der Waals surface area (Å²) in [5.41, 5.74) is 2.29. The van der Waals surface area contributed by atoms with Gasteiger partial charge in [-0.2, -0.15) is 0 Å². The number of nitrogens with one attached hydrogen (secondary N) is 3. The zero-order chi connectivity index (χ0) is 17.7. The van der Waals surface area contributed by atoms with Gasteiger partial charge in [0.1, 0.15) is 0 Å². The number of morpholine rings is 1. The maximum absolute atomic E-state index is 12.1. The highest BCUT2D eigenvalue weighted by Gasteiger charge is 2.28. The molecule has 0 aliphatic carbocycles. The number of H-pyrrole nitrogens is 1. The Morgan fingerprint density at radius 1 is 1.24 bits per heavy atom. The molecule has 25 heavy (non-hydrogen) atoms. The number of aromatic nitrogens is 1. The molecule has 0 spiro atoms. The summed E-state index contributed by atoms with van der Waals surface area (Å²) in [4.78, 5) is 17.7. The highest BCUT2D eigenvalue weighted by atomic mass is 16.5. The number of fused-ring (bicyclic) bond motifs is 1. The molecule has 1 aromatic carbocycles. The zero-order valence-corrected chi connectivity index (χ0v) is 15.1. The minimum Gasteiger partial charge on any atom is -0.379 e. The van der Waals surface area contributed by atoms with Crippen molar-refractivity contribution in [3.63, 3.8) is 0 Å². The molecule has 3 rings (SSSR count). The van der Waals surface area contributed by atoms with Crippen LogP contribution in [-0.4, -0.2) is 60.8 Å². The van der Waals surface area contributed by atoms with Gasteiger partial charge in [0.2, 0.25) is 0 Å². The molecule has 1 saturated heterocycles. The topological polar surface area (TPSA) is 69.4 Å².